The lowest BCUT2D eigenvalue weighted by atomic mass is 9.48. The number of carbonyl (C=O) groups is 1. The Bertz CT molecular complexity index is 1050. The van der Waals surface area contributed by atoms with E-state index >= 15 is 0 Å². The Kier molecular flexibility index (Phi) is 5.21. The van der Waals surface area contributed by atoms with Gasteiger partial charge in [0.15, 0.2) is 5.78 Å². The van der Waals surface area contributed by atoms with E-state index in [0.717, 1.165) is 60.3 Å². The first-order chi connectivity index (χ1) is 15.9. The first-order valence-electron chi connectivity index (χ1n) is 13.4. The maximum absolute atomic E-state index is 13.6. The molecule has 0 amide bonds. The fourth-order valence-electron chi connectivity index (χ4n) is 9.11. The Morgan fingerprint density at radius 1 is 1.09 bits per heavy atom. The van der Waals surface area contributed by atoms with Crippen molar-refractivity contribution in [1.82, 2.24) is 14.8 Å². The second-order valence-corrected chi connectivity index (χ2v) is 12.1. The molecule has 8 atom stereocenters. The molecule has 5 nitrogen and oxygen atoms in total. The van der Waals surface area contributed by atoms with E-state index in [1.54, 1.807) is 6.20 Å². The van der Waals surface area contributed by atoms with Gasteiger partial charge in [0.2, 0.25) is 0 Å². The molecule has 4 aliphatic carbocycles. The highest BCUT2D eigenvalue weighted by Gasteiger charge is 2.58. The normalized spacial score (nSPS) is 42.5. The van der Waals surface area contributed by atoms with Gasteiger partial charge in [-0.15, -0.1) is 0 Å². The van der Waals surface area contributed by atoms with Crippen molar-refractivity contribution in [1.29, 1.82) is 0 Å². The molecule has 4 saturated carbocycles. The zero-order valence-electron chi connectivity index (χ0n) is 20.2. The number of aromatic nitrogens is 3. The van der Waals surface area contributed by atoms with Crippen LogP contribution >= 0.6 is 0 Å². The van der Waals surface area contributed by atoms with Gasteiger partial charge in [0.25, 0.3) is 0 Å². The topological polar surface area (TPSA) is 68.0 Å². The molecule has 33 heavy (non-hydrogen) atoms. The van der Waals surface area contributed by atoms with Crippen LogP contribution in [0.25, 0.3) is 10.9 Å². The number of ketones is 1. The Balaban J connectivity index is 1.19. The van der Waals surface area contributed by atoms with Crippen LogP contribution in [0.15, 0.2) is 24.7 Å². The van der Waals surface area contributed by atoms with Gasteiger partial charge in [-0.2, -0.15) is 5.10 Å². The van der Waals surface area contributed by atoms with Crippen LogP contribution in [0.4, 0.5) is 0 Å². The number of rotatable bonds is 4. The monoisotopic (exact) mass is 449 g/mol. The SMILES string of the molecule is CC[C@@]1(O)CC[C@H]2[C@@H](CC[C@@H]3[C@@H]2CC[C@]2(C)[C@@H](C(=O)Cn4ncc5ccncc54)CC[C@@H]32)C1. The van der Waals surface area contributed by atoms with Crippen LogP contribution in [-0.4, -0.2) is 31.3 Å². The van der Waals surface area contributed by atoms with Crippen LogP contribution in [0.5, 0.6) is 0 Å². The van der Waals surface area contributed by atoms with E-state index in [1.807, 2.05) is 23.1 Å². The molecule has 2 heterocycles. The number of carbonyl (C=O) groups excluding carboxylic acids is 1. The van der Waals surface area contributed by atoms with E-state index < -0.39 is 5.60 Å². The molecule has 178 valence electrons. The van der Waals surface area contributed by atoms with Crippen LogP contribution in [0, 0.1) is 40.9 Å². The fraction of sp³-hybridized carbons (Fsp3) is 0.750. The number of nitrogens with zero attached hydrogens (tertiary/aromatic N) is 3. The first-order valence-corrected chi connectivity index (χ1v) is 13.4. The molecule has 4 aliphatic rings. The second-order valence-electron chi connectivity index (χ2n) is 12.1. The van der Waals surface area contributed by atoms with Crippen LogP contribution in [0.3, 0.4) is 0 Å². The Morgan fingerprint density at radius 2 is 1.94 bits per heavy atom. The predicted molar refractivity (Wildman–Crippen MR) is 128 cm³/mol. The number of Topliss-reactive ketones (excluding diaryl/α,β-unsaturated/α-hetero) is 1. The average Bonchev–Trinajstić information content (AvgIpc) is 3.39. The van der Waals surface area contributed by atoms with Crippen molar-refractivity contribution in [2.75, 3.05) is 0 Å². The maximum Gasteiger partial charge on any atom is 0.157 e. The number of fused-ring (bicyclic) bond motifs is 6. The van der Waals surface area contributed by atoms with Crippen molar-refractivity contribution in [2.24, 2.45) is 40.9 Å². The lowest BCUT2D eigenvalue weighted by Crippen LogP contribution is -2.51. The third kappa shape index (κ3) is 3.40. The van der Waals surface area contributed by atoms with Crippen LogP contribution < -0.4 is 0 Å². The summed E-state index contributed by atoms with van der Waals surface area (Å²) in [6.45, 7) is 4.96. The van der Waals surface area contributed by atoms with Gasteiger partial charge in [-0.3, -0.25) is 14.5 Å². The molecule has 2 aromatic heterocycles. The molecular weight excluding hydrogens is 410 g/mol. The van der Waals surface area contributed by atoms with Crippen LogP contribution in [0.1, 0.15) is 78.1 Å². The second kappa shape index (κ2) is 7.90. The molecule has 1 N–H and O–H groups in total. The van der Waals surface area contributed by atoms with Crippen molar-refractivity contribution in [3.05, 3.63) is 24.7 Å². The van der Waals surface area contributed by atoms with Crippen molar-refractivity contribution in [3.63, 3.8) is 0 Å². The average molecular weight is 450 g/mol. The van der Waals surface area contributed by atoms with E-state index in [0.29, 0.717) is 18.2 Å². The largest absolute Gasteiger partial charge is 0.390 e. The summed E-state index contributed by atoms with van der Waals surface area (Å²) in [5.41, 5.74) is 0.691. The predicted octanol–water partition coefficient (Wildman–Crippen LogP) is 5.41. The zero-order valence-corrected chi connectivity index (χ0v) is 20.2. The van der Waals surface area contributed by atoms with Gasteiger partial charge in [-0.05, 0) is 105 Å². The summed E-state index contributed by atoms with van der Waals surface area (Å²) in [6, 6.07) is 1.96. The first kappa shape index (κ1) is 21.8. The summed E-state index contributed by atoms with van der Waals surface area (Å²) in [5.74, 6) is 4.34. The molecule has 2 aromatic rings. The molecule has 0 bridgehead atoms. The molecule has 6 rings (SSSR count). The van der Waals surface area contributed by atoms with Crippen LogP contribution in [-0.2, 0) is 11.3 Å². The molecule has 0 saturated heterocycles. The molecule has 0 radical (unpaired) electrons. The Labute approximate surface area is 197 Å². The van der Waals surface area contributed by atoms with Gasteiger partial charge >= 0.3 is 0 Å². The minimum absolute atomic E-state index is 0.144. The van der Waals surface area contributed by atoms with Gasteiger partial charge in [-0.25, -0.2) is 0 Å². The third-order valence-electron chi connectivity index (χ3n) is 10.9. The summed E-state index contributed by atoms with van der Waals surface area (Å²) in [4.78, 5) is 17.8. The third-order valence-corrected chi connectivity index (χ3v) is 10.9. The number of pyridine rings is 1. The van der Waals surface area contributed by atoms with E-state index in [-0.39, 0.29) is 11.3 Å². The highest BCUT2D eigenvalue weighted by molar-refractivity contribution is 5.84. The maximum atomic E-state index is 13.6. The van der Waals surface area contributed by atoms with Gasteiger partial charge < -0.3 is 5.11 Å². The highest BCUT2D eigenvalue weighted by Crippen LogP contribution is 2.64. The van der Waals surface area contributed by atoms with Crippen molar-refractivity contribution in [2.45, 2.75) is 90.2 Å². The van der Waals surface area contributed by atoms with E-state index in [9.17, 15) is 9.90 Å². The Morgan fingerprint density at radius 3 is 2.79 bits per heavy atom. The van der Waals surface area contributed by atoms with E-state index in [4.69, 9.17) is 0 Å². The molecule has 0 aromatic carbocycles. The van der Waals surface area contributed by atoms with Crippen molar-refractivity contribution < 1.29 is 9.90 Å². The summed E-state index contributed by atoms with van der Waals surface area (Å²) in [7, 11) is 0. The number of hydrogen-bond acceptors (Lipinski definition) is 4. The minimum atomic E-state index is -0.408. The summed E-state index contributed by atoms with van der Waals surface area (Å²) in [6.07, 6.45) is 16.9. The molecule has 4 fully saturated rings. The van der Waals surface area contributed by atoms with Gasteiger partial charge in [0.1, 0.15) is 6.54 Å². The standard InChI is InChI=1S/C28H39N3O2/c1-3-28(33)12-9-20-18(14-28)4-5-22-21(20)8-11-27(2)23(22)6-7-24(27)26(32)17-31-25-16-29-13-10-19(25)15-30-31/h10,13,15-16,18,20-24,33H,3-9,11-12,14,17H2,1-2H3/t18-,20-,21+,22+,23-,24+,27-,28+/m0/s1. The quantitative estimate of drug-likeness (QED) is 0.678. The number of aliphatic hydroxyl groups is 1. The zero-order chi connectivity index (χ0) is 22.8. The van der Waals surface area contributed by atoms with Crippen molar-refractivity contribution in [3.8, 4) is 0 Å². The molecular formula is C28H39N3O2. The molecule has 0 spiro atoms. The summed E-state index contributed by atoms with van der Waals surface area (Å²) < 4.78 is 1.86. The lowest BCUT2D eigenvalue weighted by Gasteiger charge is -2.57. The van der Waals surface area contributed by atoms with E-state index in [2.05, 4.69) is 23.9 Å². The minimum Gasteiger partial charge on any atom is -0.390 e. The summed E-state index contributed by atoms with van der Waals surface area (Å²) >= 11 is 0. The lowest BCUT2D eigenvalue weighted by molar-refractivity contribution is -0.133. The number of hydrogen-bond donors (Lipinski definition) is 1. The van der Waals surface area contributed by atoms with Crippen LogP contribution in [0.2, 0.25) is 0 Å². The van der Waals surface area contributed by atoms with Gasteiger partial charge in [0, 0.05) is 17.5 Å². The highest BCUT2D eigenvalue weighted by atomic mass is 16.3. The van der Waals surface area contributed by atoms with Crippen molar-refractivity contribution >= 4 is 16.7 Å². The summed E-state index contributed by atoms with van der Waals surface area (Å²) in [5, 5.41) is 16.5. The molecule has 0 aliphatic heterocycles. The smallest absolute Gasteiger partial charge is 0.157 e. The van der Waals surface area contributed by atoms with E-state index in [1.165, 1.54) is 38.5 Å². The Hall–Kier alpha value is -1.75. The molecule has 5 heteroatoms. The van der Waals surface area contributed by atoms with Gasteiger partial charge in [0.05, 0.1) is 23.5 Å². The van der Waals surface area contributed by atoms with Gasteiger partial charge in [-0.1, -0.05) is 13.8 Å². The molecule has 0 unspecified atom stereocenters. The fourth-order valence-corrected chi connectivity index (χ4v) is 9.11.